The average molecular weight is 408 g/mol. The molecule has 1 heterocycles. The fourth-order valence-electron chi connectivity index (χ4n) is 2.80. The Morgan fingerprint density at radius 1 is 1.23 bits per heavy atom. The maximum Gasteiger partial charge on any atom is 0.270 e. The number of aryl methyl sites for hydroxylation is 1. The lowest BCUT2D eigenvalue weighted by Gasteiger charge is -2.10. The number of hydrogen-bond acceptors (Lipinski definition) is 6. The minimum Gasteiger partial charge on any atom is -0.493 e. The summed E-state index contributed by atoms with van der Waals surface area (Å²) >= 11 is 0. The number of nitrogens with one attached hydrogen (secondary N) is 2. The van der Waals surface area contributed by atoms with Crippen molar-refractivity contribution in [1.29, 1.82) is 0 Å². The highest BCUT2D eigenvalue weighted by atomic mass is 16.5. The molecule has 0 unspecified atom stereocenters. The Labute approximate surface area is 173 Å². The summed E-state index contributed by atoms with van der Waals surface area (Å²) in [5.41, 5.74) is 4.60. The number of fused-ring (bicyclic) bond motifs is 1. The van der Waals surface area contributed by atoms with E-state index in [0.717, 1.165) is 12.0 Å². The first-order chi connectivity index (χ1) is 14.6. The summed E-state index contributed by atoms with van der Waals surface area (Å²) in [6.07, 6.45) is 2.74. The topological polar surface area (TPSA) is 106 Å². The van der Waals surface area contributed by atoms with Gasteiger partial charge in [-0.3, -0.25) is 9.59 Å². The fourth-order valence-corrected chi connectivity index (χ4v) is 2.80. The number of methoxy groups -OCH3 is 1. The first-order valence-electron chi connectivity index (χ1n) is 9.71. The van der Waals surface area contributed by atoms with Gasteiger partial charge in [-0.1, -0.05) is 19.1 Å². The molecule has 3 rings (SSSR count). The van der Waals surface area contributed by atoms with E-state index in [1.54, 1.807) is 25.3 Å². The van der Waals surface area contributed by atoms with Crippen molar-refractivity contribution in [1.82, 2.24) is 15.4 Å². The van der Waals surface area contributed by atoms with Gasteiger partial charge in [-0.2, -0.15) is 5.10 Å². The minimum atomic E-state index is -0.310. The highest BCUT2D eigenvalue weighted by Crippen LogP contribution is 2.27. The first-order valence-corrected chi connectivity index (χ1v) is 9.71. The molecule has 2 N–H and O–H groups in total. The van der Waals surface area contributed by atoms with Crippen LogP contribution < -0.4 is 20.5 Å². The summed E-state index contributed by atoms with van der Waals surface area (Å²) < 4.78 is 10.9. The lowest BCUT2D eigenvalue weighted by Crippen LogP contribution is -2.21. The number of nitrogens with zero attached hydrogens (tertiary/aromatic N) is 2. The second kappa shape index (κ2) is 10.2. The zero-order valence-electron chi connectivity index (χ0n) is 17.0. The molecule has 156 valence electrons. The van der Waals surface area contributed by atoms with Crippen LogP contribution in [-0.4, -0.2) is 35.8 Å². The highest BCUT2D eigenvalue weighted by Gasteiger charge is 2.08. The third kappa shape index (κ3) is 5.44. The van der Waals surface area contributed by atoms with Crippen molar-refractivity contribution >= 4 is 23.2 Å². The van der Waals surface area contributed by atoms with Crippen LogP contribution in [0, 0.1) is 0 Å². The van der Waals surface area contributed by atoms with Crippen LogP contribution >= 0.6 is 0 Å². The van der Waals surface area contributed by atoms with Crippen molar-refractivity contribution in [2.24, 2.45) is 5.10 Å². The van der Waals surface area contributed by atoms with Gasteiger partial charge in [0.15, 0.2) is 11.5 Å². The lowest BCUT2D eigenvalue weighted by molar-refractivity contribution is -0.121. The van der Waals surface area contributed by atoms with Crippen LogP contribution in [0.5, 0.6) is 11.5 Å². The third-order valence-corrected chi connectivity index (χ3v) is 4.31. The Kier molecular flexibility index (Phi) is 7.15. The molecule has 1 aromatic heterocycles. The van der Waals surface area contributed by atoms with E-state index >= 15 is 0 Å². The number of carbonyl (C=O) groups is 1. The van der Waals surface area contributed by atoms with E-state index in [2.05, 4.69) is 20.5 Å². The van der Waals surface area contributed by atoms with Crippen molar-refractivity contribution in [3.05, 3.63) is 64.1 Å². The van der Waals surface area contributed by atoms with Crippen molar-refractivity contribution < 1.29 is 14.3 Å². The lowest BCUT2D eigenvalue weighted by atomic mass is 10.2. The standard InChI is InChI=1S/C22H24N4O4/c1-3-12-30-19-10-8-15(13-20(19)29-2)14-23-26-21(27)11-9-18-22(28)25-17-7-5-4-6-16(17)24-18/h4-8,10,13-14H,3,9,11-12H2,1-2H3,(H,25,28)(H,26,27)/b23-14-. The molecule has 8 heteroatoms. The van der Waals surface area contributed by atoms with Crippen LogP contribution in [0.25, 0.3) is 11.0 Å². The Bertz CT molecular complexity index is 1110. The van der Waals surface area contributed by atoms with Crippen LogP contribution in [0.15, 0.2) is 52.4 Å². The van der Waals surface area contributed by atoms with Crippen LogP contribution in [-0.2, 0) is 11.2 Å². The average Bonchev–Trinajstić information content (AvgIpc) is 2.76. The second-order valence-corrected chi connectivity index (χ2v) is 6.58. The Morgan fingerprint density at radius 3 is 2.87 bits per heavy atom. The number of para-hydroxylation sites is 2. The molecule has 0 bridgehead atoms. The number of hydrogen-bond donors (Lipinski definition) is 2. The van der Waals surface area contributed by atoms with Crippen molar-refractivity contribution in [2.45, 2.75) is 26.2 Å². The molecule has 0 saturated carbocycles. The van der Waals surface area contributed by atoms with Gasteiger partial charge in [0.05, 0.1) is 31.0 Å². The smallest absolute Gasteiger partial charge is 0.270 e. The number of rotatable bonds is 9. The number of aromatic amines is 1. The van der Waals surface area contributed by atoms with Crippen molar-refractivity contribution in [3.63, 3.8) is 0 Å². The van der Waals surface area contributed by atoms with Gasteiger partial charge in [-0.25, -0.2) is 10.4 Å². The molecule has 0 saturated heterocycles. The maximum absolute atomic E-state index is 12.1. The van der Waals surface area contributed by atoms with Crippen LogP contribution in [0.3, 0.4) is 0 Å². The summed E-state index contributed by atoms with van der Waals surface area (Å²) in [5, 5.41) is 3.97. The van der Waals surface area contributed by atoms with E-state index < -0.39 is 0 Å². The number of aromatic nitrogens is 2. The quantitative estimate of drug-likeness (QED) is 0.418. The van der Waals surface area contributed by atoms with Gasteiger partial charge in [-0.05, 0) is 42.3 Å². The molecule has 1 amide bonds. The van der Waals surface area contributed by atoms with E-state index in [1.165, 1.54) is 6.21 Å². The number of H-pyrrole nitrogens is 1. The van der Waals surface area contributed by atoms with E-state index in [0.29, 0.717) is 34.8 Å². The van der Waals surface area contributed by atoms with E-state index in [1.807, 2.05) is 31.2 Å². The number of ether oxygens (including phenoxy) is 2. The Hall–Kier alpha value is -3.68. The van der Waals surface area contributed by atoms with Gasteiger partial charge in [0, 0.05) is 12.8 Å². The SMILES string of the molecule is CCCOc1ccc(/C=N\NC(=O)CCc2nc3ccccc3[nH]c2=O)cc1OC. The highest BCUT2D eigenvalue weighted by molar-refractivity contribution is 5.83. The van der Waals surface area contributed by atoms with E-state index in [-0.39, 0.29) is 24.3 Å². The van der Waals surface area contributed by atoms with Gasteiger partial charge < -0.3 is 14.5 Å². The largest absolute Gasteiger partial charge is 0.493 e. The Balaban J connectivity index is 1.56. The van der Waals surface area contributed by atoms with Crippen molar-refractivity contribution in [3.8, 4) is 11.5 Å². The molecule has 0 fully saturated rings. The number of hydrazone groups is 1. The zero-order valence-corrected chi connectivity index (χ0v) is 17.0. The van der Waals surface area contributed by atoms with Gasteiger partial charge in [0.2, 0.25) is 5.91 Å². The fraction of sp³-hybridized carbons (Fsp3) is 0.273. The molecule has 3 aromatic rings. The number of amides is 1. The number of benzene rings is 2. The molecule has 0 spiro atoms. The summed E-state index contributed by atoms with van der Waals surface area (Å²) in [6, 6.07) is 12.7. The molecule has 0 aliphatic rings. The molecule has 0 aliphatic carbocycles. The van der Waals surface area contributed by atoms with Gasteiger partial charge in [-0.15, -0.1) is 0 Å². The molecular weight excluding hydrogens is 384 g/mol. The normalized spacial score (nSPS) is 11.0. The summed E-state index contributed by atoms with van der Waals surface area (Å²) in [5.74, 6) is 0.949. The molecule has 30 heavy (non-hydrogen) atoms. The minimum absolute atomic E-state index is 0.0961. The number of carbonyl (C=O) groups excluding carboxylic acids is 1. The third-order valence-electron chi connectivity index (χ3n) is 4.31. The molecule has 8 nitrogen and oxygen atoms in total. The van der Waals surface area contributed by atoms with Gasteiger partial charge in [0.25, 0.3) is 5.56 Å². The molecule has 0 radical (unpaired) electrons. The van der Waals surface area contributed by atoms with Crippen LogP contribution in [0.4, 0.5) is 0 Å². The molecule has 0 aliphatic heterocycles. The first kappa shape index (κ1) is 21.0. The van der Waals surface area contributed by atoms with E-state index in [9.17, 15) is 9.59 Å². The predicted molar refractivity (Wildman–Crippen MR) is 115 cm³/mol. The van der Waals surface area contributed by atoms with Gasteiger partial charge in [0.1, 0.15) is 5.69 Å². The monoisotopic (exact) mass is 408 g/mol. The van der Waals surface area contributed by atoms with Crippen LogP contribution in [0.1, 0.15) is 31.0 Å². The van der Waals surface area contributed by atoms with E-state index in [4.69, 9.17) is 9.47 Å². The molecule has 2 aromatic carbocycles. The summed E-state index contributed by atoms with van der Waals surface area (Å²) in [6.45, 7) is 2.64. The molecule has 0 atom stereocenters. The maximum atomic E-state index is 12.1. The Morgan fingerprint density at radius 2 is 2.07 bits per heavy atom. The predicted octanol–water partition coefficient (Wildman–Crippen LogP) is 2.80. The second-order valence-electron chi connectivity index (χ2n) is 6.58. The van der Waals surface area contributed by atoms with Crippen molar-refractivity contribution in [2.75, 3.05) is 13.7 Å². The van der Waals surface area contributed by atoms with Crippen LogP contribution in [0.2, 0.25) is 0 Å². The summed E-state index contributed by atoms with van der Waals surface area (Å²) in [4.78, 5) is 31.3. The molecular formula is C22H24N4O4. The summed E-state index contributed by atoms with van der Waals surface area (Å²) in [7, 11) is 1.57. The van der Waals surface area contributed by atoms with Gasteiger partial charge >= 0.3 is 0 Å². The zero-order chi connectivity index (χ0) is 21.3.